The molecule has 0 spiro atoms. The molecule has 8 heteroatoms. The fourth-order valence-electron chi connectivity index (χ4n) is 3.01. The first-order chi connectivity index (χ1) is 14.9. The summed E-state index contributed by atoms with van der Waals surface area (Å²) in [5.74, 6) is -0.756. The van der Waals surface area contributed by atoms with Gasteiger partial charge >= 0.3 is 17.6 Å². The Morgan fingerprint density at radius 3 is 2.61 bits per heavy atom. The van der Waals surface area contributed by atoms with Gasteiger partial charge in [0.15, 0.2) is 0 Å². The lowest BCUT2D eigenvalue weighted by molar-refractivity contribution is -0.144. The summed E-state index contributed by atoms with van der Waals surface area (Å²) in [6.45, 7) is 2.27. The van der Waals surface area contributed by atoms with Gasteiger partial charge in [0.2, 0.25) is 0 Å². The van der Waals surface area contributed by atoms with Crippen LogP contribution in [0, 0.1) is 6.92 Å². The minimum Gasteiger partial charge on any atom is -0.463 e. The highest BCUT2D eigenvalue weighted by molar-refractivity contribution is 9.10. The number of methoxy groups -OCH3 is 1. The Kier molecular flexibility index (Phi) is 7.59. The van der Waals surface area contributed by atoms with Crippen LogP contribution in [0.15, 0.2) is 56.1 Å². The average Bonchev–Trinajstić information content (AvgIpc) is 2.72. The lowest BCUT2D eigenvalue weighted by Crippen LogP contribution is -2.13. The average molecular weight is 489 g/mol. The summed E-state index contributed by atoms with van der Waals surface area (Å²) in [4.78, 5) is 36.5. The molecule has 3 rings (SSSR count). The van der Waals surface area contributed by atoms with Crippen molar-refractivity contribution in [3.63, 3.8) is 0 Å². The largest absolute Gasteiger partial charge is 0.463 e. The third kappa shape index (κ3) is 5.80. The molecule has 0 N–H and O–H groups in total. The molecule has 2 aromatic carbocycles. The molecular formula is C23H21BrO7. The summed E-state index contributed by atoms with van der Waals surface area (Å²) in [5.41, 5.74) is 1.49. The molecule has 162 valence electrons. The van der Waals surface area contributed by atoms with E-state index in [0.29, 0.717) is 33.2 Å². The first-order valence-corrected chi connectivity index (χ1v) is 10.4. The van der Waals surface area contributed by atoms with Crippen molar-refractivity contribution in [1.82, 2.24) is 0 Å². The van der Waals surface area contributed by atoms with Gasteiger partial charge in [0.05, 0.1) is 12.2 Å². The van der Waals surface area contributed by atoms with Gasteiger partial charge in [0, 0.05) is 35.5 Å². The number of carbonyl (C=O) groups excluding carboxylic acids is 2. The molecule has 7 nitrogen and oxygen atoms in total. The van der Waals surface area contributed by atoms with Crippen LogP contribution in [0.3, 0.4) is 0 Å². The number of ether oxygens (including phenoxy) is 3. The van der Waals surface area contributed by atoms with Gasteiger partial charge < -0.3 is 18.6 Å². The van der Waals surface area contributed by atoms with E-state index in [-0.39, 0.29) is 25.2 Å². The molecule has 3 aromatic rings. The number of benzene rings is 2. The van der Waals surface area contributed by atoms with Crippen molar-refractivity contribution in [3.8, 4) is 5.75 Å². The maximum absolute atomic E-state index is 12.7. The molecule has 0 aliphatic carbocycles. The van der Waals surface area contributed by atoms with Crippen molar-refractivity contribution in [2.45, 2.75) is 19.8 Å². The van der Waals surface area contributed by atoms with E-state index in [1.165, 1.54) is 19.2 Å². The summed E-state index contributed by atoms with van der Waals surface area (Å²) in [5, 5.41) is 0.697. The molecule has 0 unspecified atom stereocenters. The lowest BCUT2D eigenvalue weighted by Gasteiger charge is -2.13. The monoisotopic (exact) mass is 488 g/mol. The number of aryl methyl sites for hydroxylation is 2. The van der Waals surface area contributed by atoms with Gasteiger partial charge in [-0.2, -0.15) is 0 Å². The lowest BCUT2D eigenvalue weighted by atomic mass is 10.0. The van der Waals surface area contributed by atoms with Crippen LogP contribution in [0.1, 0.15) is 27.9 Å². The Balaban J connectivity index is 1.92. The van der Waals surface area contributed by atoms with E-state index in [4.69, 9.17) is 18.6 Å². The predicted octanol–water partition coefficient (Wildman–Crippen LogP) is 4.21. The molecule has 0 fully saturated rings. The quantitative estimate of drug-likeness (QED) is 0.203. The number of rotatable bonds is 8. The van der Waals surface area contributed by atoms with Crippen LogP contribution in [-0.2, 0) is 20.7 Å². The van der Waals surface area contributed by atoms with Gasteiger partial charge in [-0.1, -0.05) is 12.1 Å². The fraction of sp³-hybridized carbons (Fsp3) is 0.261. The van der Waals surface area contributed by atoms with E-state index in [9.17, 15) is 14.4 Å². The summed E-state index contributed by atoms with van der Waals surface area (Å²) >= 11 is 3.34. The number of hydrogen-bond acceptors (Lipinski definition) is 7. The summed E-state index contributed by atoms with van der Waals surface area (Å²) < 4.78 is 21.5. The first-order valence-electron chi connectivity index (χ1n) is 9.57. The Morgan fingerprint density at radius 1 is 1.10 bits per heavy atom. The third-order valence-corrected chi connectivity index (χ3v) is 5.27. The molecule has 31 heavy (non-hydrogen) atoms. The van der Waals surface area contributed by atoms with Gasteiger partial charge in [-0.15, -0.1) is 0 Å². The SMILES string of the molecule is COCCOC(=O)CCc1cc2c(C)cc(=O)oc2cc1OC(=O)c1ccccc1Br. The van der Waals surface area contributed by atoms with Crippen LogP contribution in [0.5, 0.6) is 5.75 Å². The Bertz CT molecular complexity index is 1170. The van der Waals surface area contributed by atoms with Crippen LogP contribution in [0.25, 0.3) is 11.0 Å². The van der Waals surface area contributed by atoms with Crippen LogP contribution in [0.2, 0.25) is 0 Å². The van der Waals surface area contributed by atoms with Gasteiger partial charge in [-0.05, 0) is 58.6 Å². The van der Waals surface area contributed by atoms with E-state index in [1.54, 1.807) is 37.3 Å². The zero-order valence-electron chi connectivity index (χ0n) is 17.1. The third-order valence-electron chi connectivity index (χ3n) is 4.58. The van der Waals surface area contributed by atoms with Gasteiger partial charge in [0.25, 0.3) is 0 Å². The van der Waals surface area contributed by atoms with Crippen LogP contribution < -0.4 is 10.4 Å². The minimum atomic E-state index is -0.578. The zero-order valence-corrected chi connectivity index (χ0v) is 18.7. The Hall–Kier alpha value is -2.97. The van der Waals surface area contributed by atoms with Crippen molar-refractivity contribution in [1.29, 1.82) is 0 Å². The summed E-state index contributed by atoms with van der Waals surface area (Å²) in [6, 6.07) is 11.5. The molecule has 0 saturated carbocycles. The first kappa shape index (κ1) is 22.7. The molecule has 1 aromatic heterocycles. The smallest absolute Gasteiger partial charge is 0.344 e. The summed E-state index contributed by atoms with van der Waals surface area (Å²) in [6.07, 6.45) is 0.365. The highest BCUT2D eigenvalue weighted by Gasteiger charge is 2.18. The Morgan fingerprint density at radius 2 is 1.87 bits per heavy atom. The highest BCUT2D eigenvalue weighted by atomic mass is 79.9. The summed E-state index contributed by atoms with van der Waals surface area (Å²) in [7, 11) is 1.52. The number of carbonyl (C=O) groups is 2. The van der Waals surface area contributed by atoms with Crippen molar-refractivity contribution in [2.24, 2.45) is 0 Å². The maximum Gasteiger partial charge on any atom is 0.344 e. The van der Waals surface area contributed by atoms with Crippen LogP contribution >= 0.6 is 15.9 Å². The van der Waals surface area contributed by atoms with E-state index in [2.05, 4.69) is 15.9 Å². The van der Waals surface area contributed by atoms with Crippen LogP contribution in [0.4, 0.5) is 0 Å². The van der Waals surface area contributed by atoms with Crippen molar-refractivity contribution in [2.75, 3.05) is 20.3 Å². The van der Waals surface area contributed by atoms with E-state index >= 15 is 0 Å². The van der Waals surface area contributed by atoms with E-state index < -0.39 is 17.6 Å². The van der Waals surface area contributed by atoms with Gasteiger partial charge in [-0.3, -0.25) is 4.79 Å². The molecule has 0 amide bonds. The molecule has 0 radical (unpaired) electrons. The fourth-order valence-corrected chi connectivity index (χ4v) is 3.46. The van der Waals surface area contributed by atoms with Crippen molar-refractivity contribution >= 4 is 38.8 Å². The molecule has 0 atom stereocenters. The minimum absolute atomic E-state index is 0.0879. The molecule has 0 bridgehead atoms. The highest BCUT2D eigenvalue weighted by Crippen LogP contribution is 2.30. The maximum atomic E-state index is 12.7. The number of fused-ring (bicyclic) bond motifs is 1. The second-order valence-corrected chi connectivity index (χ2v) is 7.64. The predicted molar refractivity (Wildman–Crippen MR) is 117 cm³/mol. The second-order valence-electron chi connectivity index (χ2n) is 6.79. The number of esters is 2. The normalized spacial score (nSPS) is 10.8. The molecule has 0 aliphatic rings. The van der Waals surface area contributed by atoms with E-state index in [0.717, 1.165) is 5.56 Å². The van der Waals surface area contributed by atoms with Crippen molar-refractivity contribution < 1.29 is 28.2 Å². The standard InChI is InChI=1S/C23H21BrO7/c1-14-11-22(26)30-20-13-19(31-23(27)16-5-3-4-6-18(16)24)15(12-17(14)20)7-8-21(25)29-10-9-28-2/h3-6,11-13H,7-10H2,1-2H3. The van der Waals surface area contributed by atoms with Gasteiger partial charge in [-0.25, -0.2) is 9.59 Å². The number of hydrogen-bond donors (Lipinski definition) is 0. The molecule has 0 aliphatic heterocycles. The van der Waals surface area contributed by atoms with Gasteiger partial charge in [0.1, 0.15) is 17.9 Å². The number of halogens is 1. The molecule has 0 saturated heterocycles. The topological polar surface area (TPSA) is 92.0 Å². The molecule has 1 heterocycles. The Labute approximate surface area is 187 Å². The second kappa shape index (κ2) is 10.4. The van der Waals surface area contributed by atoms with E-state index in [1.807, 2.05) is 0 Å². The zero-order chi connectivity index (χ0) is 22.4. The van der Waals surface area contributed by atoms with Crippen LogP contribution in [-0.4, -0.2) is 32.3 Å². The van der Waals surface area contributed by atoms with Crippen molar-refractivity contribution in [3.05, 3.63) is 74.0 Å². The molecular weight excluding hydrogens is 468 g/mol.